The fourth-order valence-electron chi connectivity index (χ4n) is 2.02. The van der Waals surface area contributed by atoms with Crippen LogP contribution in [0.4, 0.5) is 11.9 Å². The minimum absolute atomic E-state index is 0.797. The Labute approximate surface area is 105 Å². The number of piperazine rings is 1. The van der Waals surface area contributed by atoms with Crippen molar-refractivity contribution in [3.8, 4) is 0 Å². The van der Waals surface area contributed by atoms with E-state index in [-0.39, 0.29) is 0 Å². The van der Waals surface area contributed by atoms with Crippen molar-refractivity contribution in [2.45, 2.75) is 0 Å². The lowest BCUT2D eigenvalue weighted by atomic mass is 10.3. The van der Waals surface area contributed by atoms with Crippen LogP contribution in [0.1, 0.15) is 0 Å². The summed E-state index contributed by atoms with van der Waals surface area (Å²) in [7, 11) is 0. The highest BCUT2D eigenvalue weighted by Crippen LogP contribution is 2.13. The highest BCUT2D eigenvalue weighted by Gasteiger charge is 2.19. The highest BCUT2D eigenvalue weighted by atomic mass is 15.3. The SMILES string of the molecule is c1cnc(N2CCN(c3ncccn3)CC2)nc1. The molecule has 0 bridgehead atoms. The molecular weight excluding hydrogens is 228 g/mol. The van der Waals surface area contributed by atoms with E-state index in [1.54, 1.807) is 24.8 Å². The molecule has 1 saturated heterocycles. The number of nitrogens with zero attached hydrogens (tertiary/aromatic N) is 6. The molecule has 3 rings (SSSR count). The molecule has 1 aliphatic heterocycles. The molecule has 2 aromatic rings. The van der Waals surface area contributed by atoms with E-state index in [9.17, 15) is 0 Å². The van der Waals surface area contributed by atoms with Crippen LogP contribution >= 0.6 is 0 Å². The molecule has 0 radical (unpaired) electrons. The zero-order valence-corrected chi connectivity index (χ0v) is 9.98. The number of aromatic nitrogens is 4. The van der Waals surface area contributed by atoms with Crippen LogP contribution in [0.15, 0.2) is 36.9 Å². The zero-order valence-electron chi connectivity index (χ0n) is 9.98. The van der Waals surface area contributed by atoms with Gasteiger partial charge in [-0.25, -0.2) is 19.9 Å². The fourth-order valence-corrected chi connectivity index (χ4v) is 2.02. The van der Waals surface area contributed by atoms with Crippen molar-refractivity contribution in [3.63, 3.8) is 0 Å². The van der Waals surface area contributed by atoms with Crippen LogP contribution in [0, 0.1) is 0 Å². The molecule has 0 unspecified atom stereocenters. The maximum Gasteiger partial charge on any atom is 0.225 e. The predicted molar refractivity (Wildman–Crippen MR) is 68.5 cm³/mol. The van der Waals surface area contributed by atoms with E-state index in [1.165, 1.54) is 0 Å². The molecule has 0 aromatic carbocycles. The molecule has 2 aromatic heterocycles. The second-order valence-electron chi connectivity index (χ2n) is 4.07. The average Bonchev–Trinajstić information content (AvgIpc) is 2.49. The van der Waals surface area contributed by atoms with Crippen molar-refractivity contribution in [1.82, 2.24) is 19.9 Å². The molecule has 6 nitrogen and oxygen atoms in total. The minimum atomic E-state index is 0.797. The van der Waals surface area contributed by atoms with Crippen LogP contribution in [0.25, 0.3) is 0 Å². The summed E-state index contributed by atoms with van der Waals surface area (Å²) in [6.45, 7) is 3.56. The van der Waals surface area contributed by atoms with E-state index >= 15 is 0 Å². The molecule has 0 N–H and O–H groups in total. The molecular formula is C12H14N6. The predicted octanol–water partition coefficient (Wildman–Crippen LogP) is 0.593. The minimum Gasteiger partial charge on any atom is -0.337 e. The normalized spacial score (nSPS) is 15.8. The van der Waals surface area contributed by atoms with Gasteiger partial charge in [0.15, 0.2) is 0 Å². The van der Waals surface area contributed by atoms with E-state index in [0.29, 0.717) is 0 Å². The Morgan fingerprint density at radius 3 is 1.28 bits per heavy atom. The van der Waals surface area contributed by atoms with Crippen molar-refractivity contribution in [2.75, 3.05) is 36.0 Å². The first kappa shape index (κ1) is 10.9. The quantitative estimate of drug-likeness (QED) is 0.768. The van der Waals surface area contributed by atoms with Crippen molar-refractivity contribution < 1.29 is 0 Å². The summed E-state index contributed by atoms with van der Waals surface area (Å²) < 4.78 is 0. The molecule has 0 aliphatic carbocycles. The molecule has 0 spiro atoms. The van der Waals surface area contributed by atoms with Gasteiger partial charge in [-0.15, -0.1) is 0 Å². The van der Waals surface area contributed by atoms with E-state index in [1.807, 2.05) is 12.1 Å². The van der Waals surface area contributed by atoms with E-state index < -0.39 is 0 Å². The van der Waals surface area contributed by atoms with Crippen molar-refractivity contribution in [3.05, 3.63) is 36.9 Å². The Morgan fingerprint density at radius 1 is 0.611 bits per heavy atom. The summed E-state index contributed by atoms with van der Waals surface area (Å²) in [5.74, 6) is 1.59. The first-order chi connectivity index (χ1) is 8.93. The van der Waals surface area contributed by atoms with E-state index in [4.69, 9.17) is 0 Å². The van der Waals surface area contributed by atoms with Crippen molar-refractivity contribution >= 4 is 11.9 Å². The van der Waals surface area contributed by atoms with Gasteiger partial charge in [-0.3, -0.25) is 0 Å². The number of hydrogen-bond donors (Lipinski definition) is 0. The van der Waals surface area contributed by atoms with Gasteiger partial charge in [-0.05, 0) is 12.1 Å². The standard InChI is InChI=1S/C12H14N6/c1-3-13-11(14-4-1)17-7-9-18(10-8-17)12-15-5-2-6-16-12/h1-6H,7-10H2. The molecule has 1 fully saturated rings. The Morgan fingerprint density at radius 2 is 0.944 bits per heavy atom. The lowest BCUT2D eigenvalue weighted by Gasteiger charge is -2.34. The molecule has 0 amide bonds. The summed E-state index contributed by atoms with van der Waals surface area (Å²) in [6, 6.07) is 3.66. The number of rotatable bonds is 2. The lowest BCUT2D eigenvalue weighted by molar-refractivity contribution is 0.628. The molecule has 1 aliphatic rings. The van der Waals surface area contributed by atoms with Gasteiger partial charge in [-0.1, -0.05) is 0 Å². The highest BCUT2D eigenvalue weighted by molar-refractivity contribution is 5.36. The van der Waals surface area contributed by atoms with Crippen LogP contribution in [-0.4, -0.2) is 46.1 Å². The lowest BCUT2D eigenvalue weighted by Crippen LogP contribution is -2.47. The summed E-state index contributed by atoms with van der Waals surface area (Å²) >= 11 is 0. The van der Waals surface area contributed by atoms with Crippen LogP contribution < -0.4 is 9.80 Å². The van der Waals surface area contributed by atoms with Gasteiger partial charge in [0.1, 0.15) is 0 Å². The van der Waals surface area contributed by atoms with Gasteiger partial charge < -0.3 is 9.80 Å². The summed E-state index contributed by atoms with van der Waals surface area (Å²) in [6.07, 6.45) is 7.09. The Bertz CT molecular complexity index is 433. The third-order valence-electron chi connectivity index (χ3n) is 2.95. The van der Waals surface area contributed by atoms with Gasteiger partial charge >= 0.3 is 0 Å². The van der Waals surface area contributed by atoms with E-state index in [2.05, 4.69) is 29.7 Å². The molecule has 3 heterocycles. The maximum atomic E-state index is 4.27. The Balaban J connectivity index is 1.65. The maximum absolute atomic E-state index is 4.27. The summed E-state index contributed by atoms with van der Waals surface area (Å²) in [5, 5.41) is 0. The fraction of sp³-hybridized carbons (Fsp3) is 0.333. The number of anilines is 2. The topological polar surface area (TPSA) is 58.0 Å². The third-order valence-corrected chi connectivity index (χ3v) is 2.95. The Kier molecular flexibility index (Phi) is 2.99. The van der Waals surface area contributed by atoms with E-state index in [0.717, 1.165) is 38.1 Å². The van der Waals surface area contributed by atoms with Gasteiger partial charge in [-0.2, -0.15) is 0 Å². The molecule has 0 atom stereocenters. The van der Waals surface area contributed by atoms with Crippen molar-refractivity contribution in [2.24, 2.45) is 0 Å². The first-order valence-electron chi connectivity index (χ1n) is 5.97. The summed E-state index contributed by atoms with van der Waals surface area (Å²) in [4.78, 5) is 21.4. The second-order valence-corrected chi connectivity index (χ2v) is 4.07. The monoisotopic (exact) mass is 242 g/mol. The average molecular weight is 242 g/mol. The van der Waals surface area contributed by atoms with Gasteiger partial charge in [0.05, 0.1) is 0 Å². The van der Waals surface area contributed by atoms with Crippen LogP contribution in [0.3, 0.4) is 0 Å². The molecule has 6 heteroatoms. The second kappa shape index (κ2) is 4.95. The zero-order chi connectivity index (χ0) is 12.2. The summed E-state index contributed by atoms with van der Waals surface area (Å²) in [5.41, 5.74) is 0. The smallest absolute Gasteiger partial charge is 0.225 e. The van der Waals surface area contributed by atoms with Gasteiger partial charge in [0, 0.05) is 51.0 Å². The number of hydrogen-bond acceptors (Lipinski definition) is 6. The first-order valence-corrected chi connectivity index (χ1v) is 5.97. The van der Waals surface area contributed by atoms with Crippen molar-refractivity contribution in [1.29, 1.82) is 0 Å². The van der Waals surface area contributed by atoms with Crippen LogP contribution in [-0.2, 0) is 0 Å². The molecule has 18 heavy (non-hydrogen) atoms. The van der Waals surface area contributed by atoms with Crippen LogP contribution in [0.5, 0.6) is 0 Å². The van der Waals surface area contributed by atoms with Gasteiger partial charge in [0.2, 0.25) is 11.9 Å². The third kappa shape index (κ3) is 2.22. The Hall–Kier alpha value is -2.24. The molecule has 92 valence electrons. The molecule has 0 saturated carbocycles. The largest absolute Gasteiger partial charge is 0.337 e. The van der Waals surface area contributed by atoms with Gasteiger partial charge in [0.25, 0.3) is 0 Å². The van der Waals surface area contributed by atoms with Crippen LogP contribution in [0.2, 0.25) is 0 Å².